The topological polar surface area (TPSA) is 139 Å². The van der Waals surface area contributed by atoms with Crippen LogP contribution in [0, 0.1) is 5.41 Å². The largest absolute Gasteiger partial charge is 0.490 e. The second kappa shape index (κ2) is 11.4. The van der Waals surface area contributed by atoms with Crippen molar-refractivity contribution in [2.45, 2.75) is 25.4 Å². The molecule has 3 N–H and O–H groups in total. The summed E-state index contributed by atoms with van der Waals surface area (Å²) in [5, 5.41) is 13.2. The third-order valence-corrected chi connectivity index (χ3v) is 5.49. The Balaban J connectivity index is 1.52. The molecule has 4 rings (SSSR count). The van der Waals surface area contributed by atoms with Gasteiger partial charge in [-0.25, -0.2) is 9.97 Å². The van der Waals surface area contributed by atoms with Crippen molar-refractivity contribution in [2.24, 2.45) is 0 Å². The maximum atomic E-state index is 12.8. The van der Waals surface area contributed by atoms with E-state index in [1.54, 1.807) is 24.1 Å². The molecule has 3 heterocycles. The Kier molecular flexibility index (Phi) is 7.88. The predicted molar refractivity (Wildman–Crippen MR) is 127 cm³/mol. The number of amidine groups is 1. The van der Waals surface area contributed by atoms with Crippen molar-refractivity contribution < 1.29 is 23.8 Å². The fourth-order valence-electron chi connectivity index (χ4n) is 3.50. The molecule has 184 valence electrons. The van der Waals surface area contributed by atoms with E-state index in [1.807, 2.05) is 0 Å². The van der Waals surface area contributed by atoms with Crippen LogP contribution in [0.3, 0.4) is 0 Å². The molecule has 0 saturated carbocycles. The van der Waals surface area contributed by atoms with Gasteiger partial charge >= 0.3 is 0 Å². The maximum absolute atomic E-state index is 12.8. The number of amides is 2. The Bertz CT molecular complexity index is 1090. The number of carbonyl (C=O) groups excluding carboxylic acids is 2. The van der Waals surface area contributed by atoms with Crippen molar-refractivity contribution >= 4 is 17.6 Å². The van der Waals surface area contributed by atoms with Crippen LogP contribution in [0.5, 0.6) is 17.4 Å². The van der Waals surface area contributed by atoms with Crippen LogP contribution in [0.15, 0.2) is 42.9 Å². The quantitative estimate of drug-likeness (QED) is 0.386. The highest BCUT2D eigenvalue weighted by atomic mass is 16.5. The predicted octanol–water partition coefficient (Wildman–Crippen LogP) is 2.11. The van der Waals surface area contributed by atoms with Crippen LogP contribution in [0.4, 0.5) is 0 Å². The molecule has 0 atom stereocenters. The van der Waals surface area contributed by atoms with Crippen LogP contribution in [0.1, 0.15) is 40.1 Å². The van der Waals surface area contributed by atoms with Crippen LogP contribution in [0.25, 0.3) is 0 Å². The minimum absolute atomic E-state index is 0.0432. The molecular weight excluding hydrogens is 452 g/mol. The smallest absolute Gasteiger partial charge is 0.274 e. The third kappa shape index (κ3) is 6.54. The number of carbonyl (C=O) groups is 2. The Morgan fingerprint density at radius 2 is 1.91 bits per heavy atom. The van der Waals surface area contributed by atoms with Gasteiger partial charge in [-0.3, -0.25) is 15.0 Å². The number of benzene rings is 1. The molecule has 2 aromatic rings. The summed E-state index contributed by atoms with van der Waals surface area (Å²) >= 11 is 0. The summed E-state index contributed by atoms with van der Waals surface area (Å²) in [6, 6.07) is 4.80. The fraction of sp³-hybridized carbons (Fsp3) is 0.375. The zero-order chi connectivity index (χ0) is 24.6. The molecule has 11 nitrogen and oxygen atoms in total. The zero-order valence-electron chi connectivity index (χ0n) is 19.5. The number of aromatic nitrogens is 2. The van der Waals surface area contributed by atoms with Gasteiger partial charge in [0.2, 0.25) is 5.88 Å². The SMILES string of the molecule is CN/C=C\C(=N)NC(=O)c1cc(Oc2cnc(C(=O)N3CCC3)cn2)cc(OC2CCOCC2)c1. The van der Waals surface area contributed by atoms with Crippen LogP contribution in [-0.4, -0.2) is 72.0 Å². The molecule has 0 aliphatic carbocycles. The maximum Gasteiger partial charge on any atom is 0.274 e. The van der Waals surface area contributed by atoms with E-state index in [2.05, 4.69) is 20.6 Å². The summed E-state index contributed by atoms with van der Waals surface area (Å²) in [5.41, 5.74) is 0.506. The van der Waals surface area contributed by atoms with E-state index in [1.165, 1.54) is 30.7 Å². The lowest BCUT2D eigenvalue weighted by atomic mass is 10.1. The number of nitrogens with zero attached hydrogens (tertiary/aromatic N) is 3. The Morgan fingerprint density at radius 3 is 2.57 bits per heavy atom. The van der Waals surface area contributed by atoms with E-state index in [0.29, 0.717) is 24.7 Å². The highest BCUT2D eigenvalue weighted by Crippen LogP contribution is 2.28. The number of ether oxygens (including phenoxy) is 3. The molecule has 2 amide bonds. The highest BCUT2D eigenvalue weighted by Gasteiger charge is 2.23. The monoisotopic (exact) mass is 480 g/mol. The normalized spacial score (nSPS) is 15.9. The third-order valence-electron chi connectivity index (χ3n) is 5.49. The molecule has 1 aromatic carbocycles. The molecule has 2 aliphatic heterocycles. The minimum Gasteiger partial charge on any atom is -0.490 e. The second-order valence-electron chi connectivity index (χ2n) is 8.10. The first-order valence-electron chi connectivity index (χ1n) is 11.4. The lowest BCUT2D eigenvalue weighted by Crippen LogP contribution is -2.42. The number of likely N-dealkylation sites (tertiary alicyclic amines) is 1. The summed E-state index contributed by atoms with van der Waals surface area (Å²) in [6.07, 6.45) is 8.14. The lowest BCUT2D eigenvalue weighted by Gasteiger charge is -2.30. The van der Waals surface area contributed by atoms with E-state index in [-0.39, 0.29) is 35.0 Å². The van der Waals surface area contributed by atoms with Gasteiger partial charge in [0.1, 0.15) is 29.1 Å². The minimum atomic E-state index is -0.486. The van der Waals surface area contributed by atoms with Gasteiger partial charge in [0.25, 0.3) is 11.8 Å². The van der Waals surface area contributed by atoms with Gasteiger partial charge in [-0.2, -0.15) is 0 Å². The summed E-state index contributed by atoms with van der Waals surface area (Å²) in [6.45, 7) is 2.68. The molecule has 0 bridgehead atoms. The van der Waals surface area contributed by atoms with Crippen LogP contribution in [-0.2, 0) is 4.74 Å². The molecule has 35 heavy (non-hydrogen) atoms. The molecule has 0 unspecified atom stereocenters. The molecule has 2 fully saturated rings. The molecule has 1 aromatic heterocycles. The molecule has 2 aliphatic rings. The van der Waals surface area contributed by atoms with Crippen LogP contribution >= 0.6 is 0 Å². The van der Waals surface area contributed by atoms with Crippen molar-refractivity contribution in [3.05, 3.63) is 54.1 Å². The summed E-state index contributed by atoms with van der Waals surface area (Å²) in [7, 11) is 1.70. The second-order valence-corrected chi connectivity index (χ2v) is 8.10. The van der Waals surface area contributed by atoms with Gasteiger partial charge in [-0.05, 0) is 30.8 Å². The Labute approximate surface area is 203 Å². The molecule has 11 heteroatoms. The number of nitrogens with one attached hydrogen (secondary N) is 3. The van der Waals surface area contributed by atoms with Gasteiger partial charge in [-0.1, -0.05) is 0 Å². The zero-order valence-corrected chi connectivity index (χ0v) is 19.5. The van der Waals surface area contributed by atoms with Crippen molar-refractivity contribution in [3.63, 3.8) is 0 Å². The summed E-state index contributed by atoms with van der Waals surface area (Å²) in [5.74, 6) is 0.221. The van der Waals surface area contributed by atoms with Gasteiger partial charge < -0.3 is 29.7 Å². The van der Waals surface area contributed by atoms with Crippen molar-refractivity contribution in [2.75, 3.05) is 33.4 Å². The molecular formula is C24H28N6O5. The Hall–Kier alpha value is -3.99. The first-order chi connectivity index (χ1) is 17.0. The molecule has 2 saturated heterocycles. The van der Waals surface area contributed by atoms with Gasteiger partial charge in [-0.15, -0.1) is 0 Å². The van der Waals surface area contributed by atoms with E-state index in [0.717, 1.165) is 32.4 Å². The summed E-state index contributed by atoms with van der Waals surface area (Å²) < 4.78 is 17.3. The van der Waals surface area contributed by atoms with Crippen LogP contribution < -0.4 is 20.1 Å². The van der Waals surface area contributed by atoms with Crippen molar-refractivity contribution in [3.8, 4) is 17.4 Å². The Morgan fingerprint density at radius 1 is 1.14 bits per heavy atom. The van der Waals surface area contributed by atoms with Crippen molar-refractivity contribution in [1.29, 1.82) is 5.41 Å². The molecule has 0 radical (unpaired) electrons. The number of rotatable bonds is 8. The van der Waals surface area contributed by atoms with Gasteiger partial charge in [0, 0.05) is 44.6 Å². The van der Waals surface area contributed by atoms with E-state index >= 15 is 0 Å². The number of hydrogen-bond donors (Lipinski definition) is 3. The standard InChI is InChI=1S/C24H28N6O5/c1-26-6-3-21(25)29-23(31)16-11-18(34-17-4-9-33-10-5-17)13-19(12-16)35-22-15-27-20(14-28-22)24(32)30-7-2-8-30/h3,6,11-15,17,26H,2,4-5,7-10H2,1H3,(H2,25,29,31)/b6-3-. The van der Waals surface area contributed by atoms with Crippen LogP contribution in [0.2, 0.25) is 0 Å². The average molecular weight is 481 g/mol. The molecule has 0 spiro atoms. The highest BCUT2D eigenvalue weighted by molar-refractivity contribution is 6.09. The van der Waals surface area contributed by atoms with Crippen molar-refractivity contribution in [1.82, 2.24) is 25.5 Å². The van der Waals surface area contributed by atoms with E-state index in [9.17, 15) is 9.59 Å². The lowest BCUT2D eigenvalue weighted by molar-refractivity contribution is 0.0254. The first kappa shape index (κ1) is 24.1. The fourth-order valence-corrected chi connectivity index (χ4v) is 3.50. The average Bonchev–Trinajstić information content (AvgIpc) is 2.82. The first-order valence-corrected chi connectivity index (χ1v) is 11.4. The summed E-state index contributed by atoms with van der Waals surface area (Å²) in [4.78, 5) is 35.1. The van der Waals surface area contributed by atoms with Gasteiger partial charge in [0.15, 0.2) is 0 Å². The number of hydrogen-bond acceptors (Lipinski definition) is 9. The van der Waals surface area contributed by atoms with E-state index < -0.39 is 5.91 Å². The van der Waals surface area contributed by atoms with Gasteiger partial charge in [0.05, 0.1) is 25.6 Å². The van der Waals surface area contributed by atoms with E-state index in [4.69, 9.17) is 19.6 Å².